The van der Waals surface area contributed by atoms with Crippen molar-refractivity contribution in [3.8, 4) is 6.07 Å². The molecule has 0 spiro atoms. The highest BCUT2D eigenvalue weighted by molar-refractivity contribution is 5.78. The van der Waals surface area contributed by atoms with Crippen LogP contribution in [-0.4, -0.2) is 38.0 Å². The molecular weight excluding hydrogens is 210 g/mol. The molecule has 0 unspecified atom stereocenters. The van der Waals surface area contributed by atoms with Crippen molar-refractivity contribution in [2.75, 3.05) is 28.2 Å². The summed E-state index contributed by atoms with van der Waals surface area (Å²) in [5.41, 5.74) is 2.85. The second kappa shape index (κ2) is 5.40. The Hall–Kier alpha value is -1.95. The number of allylic oxidation sites excluding steroid dienone is 1. The average Bonchev–Trinajstić information content (AvgIpc) is 2.26. The third-order valence-corrected chi connectivity index (χ3v) is 2.52. The van der Waals surface area contributed by atoms with Gasteiger partial charge in [-0.05, 0) is 12.5 Å². The summed E-state index contributed by atoms with van der Waals surface area (Å²) in [6.07, 6.45) is 0. The maximum Gasteiger partial charge on any atom is 0.122 e. The van der Waals surface area contributed by atoms with E-state index in [0.717, 1.165) is 11.4 Å². The lowest BCUT2D eigenvalue weighted by molar-refractivity contribution is 0.346. The maximum absolute atomic E-state index is 9.36. The molecule has 0 radical (unpaired) electrons. The second-order valence-electron chi connectivity index (χ2n) is 4.47. The van der Waals surface area contributed by atoms with E-state index in [9.17, 15) is 5.26 Å². The van der Waals surface area contributed by atoms with Gasteiger partial charge in [-0.3, -0.25) is 0 Å². The van der Waals surface area contributed by atoms with Crippen LogP contribution in [0.5, 0.6) is 0 Å². The van der Waals surface area contributed by atoms with Gasteiger partial charge in [0.15, 0.2) is 0 Å². The Morgan fingerprint density at radius 2 is 1.47 bits per heavy atom. The van der Waals surface area contributed by atoms with Crippen molar-refractivity contribution < 1.29 is 0 Å². The van der Waals surface area contributed by atoms with E-state index in [2.05, 4.69) is 6.07 Å². The summed E-state index contributed by atoms with van der Waals surface area (Å²) in [5.74, 6) is 0.913. The summed E-state index contributed by atoms with van der Waals surface area (Å²) in [5, 5.41) is 9.36. The number of hydrogen-bond donors (Lipinski definition) is 0. The first-order valence-electron chi connectivity index (χ1n) is 5.53. The van der Waals surface area contributed by atoms with Crippen molar-refractivity contribution in [3.63, 3.8) is 0 Å². The Morgan fingerprint density at radius 1 is 1.00 bits per heavy atom. The molecule has 0 heterocycles. The predicted octanol–water partition coefficient (Wildman–Crippen LogP) is 2.31. The molecule has 3 heteroatoms. The lowest BCUT2D eigenvalue weighted by atomic mass is 10.0. The third kappa shape index (κ3) is 3.01. The van der Waals surface area contributed by atoms with Crippen LogP contribution in [0.3, 0.4) is 0 Å². The van der Waals surface area contributed by atoms with Crippen LogP contribution in [0.15, 0.2) is 30.1 Å². The topological polar surface area (TPSA) is 30.3 Å². The van der Waals surface area contributed by atoms with Gasteiger partial charge in [0.1, 0.15) is 11.9 Å². The zero-order chi connectivity index (χ0) is 13.0. The molecule has 0 saturated heterocycles. The quantitative estimate of drug-likeness (QED) is 0.745. The normalized spacial score (nSPS) is 9.41. The van der Waals surface area contributed by atoms with E-state index in [-0.39, 0.29) is 0 Å². The largest absolute Gasteiger partial charge is 0.363 e. The fourth-order valence-corrected chi connectivity index (χ4v) is 1.81. The SMILES string of the molecule is Cc1ccc(C(C#N)=C(N(C)C)N(C)C)cc1. The van der Waals surface area contributed by atoms with E-state index in [4.69, 9.17) is 0 Å². The number of aryl methyl sites for hydroxylation is 1. The summed E-state index contributed by atoms with van der Waals surface area (Å²) in [6, 6.07) is 10.3. The molecular formula is C14H19N3. The van der Waals surface area contributed by atoms with Crippen LogP contribution >= 0.6 is 0 Å². The van der Waals surface area contributed by atoms with Crippen LogP contribution in [0.4, 0.5) is 0 Å². The van der Waals surface area contributed by atoms with E-state index < -0.39 is 0 Å². The summed E-state index contributed by atoms with van der Waals surface area (Å²) in [6.45, 7) is 2.04. The van der Waals surface area contributed by atoms with Gasteiger partial charge in [-0.2, -0.15) is 5.26 Å². The first kappa shape index (κ1) is 13.1. The minimum Gasteiger partial charge on any atom is -0.363 e. The molecule has 0 aliphatic carbocycles. The van der Waals surface area contributed by atoms with Gasteiger partial charge >= 0.3 is 0 Å². The predicted molar refractivity (Wildman–Crippen MR) is 71.1 cm³/mol. The average molecular weight is 229 g/mol. The summed E-state index contributed by atoms with van der Waals surface area (Å²) in [4.78, 5) is 3.91. The van der Waals surface area contributed by atoms with Crippen molar-refractivity contribution in [2.24, 2.45) is 0 Å². The van der Waals surface area contributed by atoms with E-state index in [1.807, 2.05) is 69.2 Å². The van der Waals surface area contributed by atoms with E-state index >= 15 is 0 Å². The Morgan fingerprint density at radius 3 is 1.82 bits per heavy atom. The number of rotatable bonds is 3. The van der Waals surface area contributed by atoms with E-state index in [1.165, 1.54) is 5.56 Å². The highest BCUT2D eigenvalue weighted by Crippen LogP contribution is 2.21. The molecule has 0 amide bonds. The van der Waals surface area contributed by atoms with Crippen LogP contribution in [0.25, 0.3) is 5.57 Å². The minimum atomic E-state index is 0.694. The Balaban J connectivity index is 3.35. The van der Waals surface area contributed by atoms with Gasteiger partial charge in [0, 0.05) is 28.2 Å². The lowest BCUT2D eigenvalue weighted by Gasteiger charge is -2.26. The van der Waals surface area contributed by atoms with Gasteiger partial charge in [0.25, 0.3) is 0 Å². The molecule has 1 rings (SSSR count). The van der Waals surface area contributed by atoms with Crippen LogP contribution in [0.1, 0.15) is 11.1 Å². The van der Waals surface area contributed by atoms with E-state index in [0.29, 0.717) is 5.57 Å². The zero-order valence-corrected chi connectivity index (χ0v) is 11.2. The monoisotopic (exact) mass is 229 g/mol. The molecule has 0 aliphatic heterocycles. The van der Waals surface area contributed by atoms with E-state index in [1.54, 1.807) is 0 Å². The van der Waals surface area contributed by atoms with Crippen molar-refractivity contribution in [2.45, 2.75) is 6.92 Å². The van der Waals surface area contributed by atoms with Crippen molar-refractivity contribution in [1.82, 2.24) is 9.80 Å². The first-order chi connectivity index (χ1) is 7.97. The van der Waals surface area contributed by atoms with Crippen LogP contribution in [0, 0.1) is 18.3 Å². The van der Waals surface area contributed by atoms with Crippen molar-refractivity contribution in [1.29, 1.82) is 5.26 Å². The third-order valence-electron chi connectivity index (χ3n) is 2.52. The molecule has 3 nitrogen and oxygen atoms in total. The first-order valence-corrected chi connectivity index (χ1v) is 5.53. The second-order valence-corrected chi connectivity index (χ2v) is 4.47. The van der Waals surface area contributed by atoms with Crippen LogP contribution < -0.4 is 0 Å². The molecule has 0 fully saturated rings. The molecule has 0 saturated carbocycles. The number of nitriles is 1. The summed E-state index contributed by atoms with van der Waals surface area (Å²) >= 11 is 0. The fourth-order valence-electron chi connectivity index (χ4n) is 1.81. The molecule has 17 heavy (non-hydrogen) atoms. The van der Waals surface area contributed by atoms with Gasteiger partial charge in [-0.25, -0.2) is 0 Å². The van der Waals surface area contributed by atoms with Gasteiger partial charge in [0.2, 0.25) is 0 Å². The van der Waals surface area contributed by atoms with Gasteiger partial charge in [0.05, 0.1) is 5.57 Å². The minimum absolute atomic E-state index is 0.694. The molecule has 0 aromatic heterocycles. The Labute approximate surface area is 104 Å². The lowest BCUT2D eigenvalue weighted by Crippen LogP contribution is -2.26. The van der Waals surface area contributed by atoms with Crippen LogP contribution in [0.2, 0.25) is 0 Å². The molecule has 0 atom stereocenters. The highest BCUT2D eigenvalue weighted by atomic mass is 15.3. The summed E-state index contributed by atoms with van der Waals surface area (Å²) < 4.78 is 0. The molecule has 0 bridgehead atoms. The Kier molecular flexibility index (Phi) is 4.17. The molecule has 0 aliphatic rings. The molecule has 1 aromatic carbocycles. The number of nitrogens with zero attached hydrogens (tertiary/aromatic N) is 3. The van der Waals surface area contributed by atoms with Crippen molar-refractivity contribution >= 4 is 5.57 Å². The van der Waals surface area contributed by atoms with Gasteiger partial charge in [-0.15, -0.1) is 0 Å². The smallest absolute Gasteiger partial charge is 0.122 e. The Bertz CT molecular complexity index is 437. The zero-order valence-electron chi connectivity index (χ0n) is 11.2. The van der Waals surface area contributed by atoms with Crippen LogP contribution in [-0.2, 0) is 0 Å². The molecule has 90 valence electrons. The molecule has 1 aromatic rings. The number of benzene rings is 1. The van der Waals surface area contributed by atoms with Gasteiger partial charge in [-0.1, -0.05) is 29.8 Å². The molecule has 0 N–H and O–H groups in total. The standard InChI is InChI=1S/C14H19N3/c1-11-6-8-12(9-7-11)13(10-15)14(16(2)3)17(4)5/h6-9H,1-5H3. The maximum atomic E-state index is 9.36. The number of hydrogen-bond acceptors (Lipinski definition) is 3. The fraction of sp³-hybridized carbons (Fsp3) is 0.357. The highest BCUT2D eigenvalue weighted by Gasteiger charge is 2.12. The van der Waals surface area contributed by atoms with Gasteiger partial charge < -0.3 is 9.80 Å². The van der Waals surface area contributed by atoms with Crippen molar-refractivity contribution in [3.05, 3.63) is 41.2 Å². The summed E-state index contributed by atoms with van der Waals surface area (Å²) in [7, 11) is 7.78.